The van der Waals surface area contributed by atoms with E-state index in [4.69, 9.17) is 26.2 Å². The number of morpholine rings is 1. The van der Waals surface area contributed by atoms with E-state index in [1.807, 2.05) is 12.1 Å². The van der Waals surface area contributed by atoms with E-state index < -0.39 is 5.97 Å². The predicted molar refractivity (Wildman–Crippen MR) is 95.6 cm³/mol. The molecule has 1 N–H and O–H groups in total. The van der Waals surface area contributed by atoms with Crippen LogP contribution >= 0.6 is 11.6 Å². The molecule has 2 unspecified atom stereocenters. The molecule has 142 valence electrons. The molecule has 1 saturated heterocycles. The summed E-state index contributed by atoms with van der Waals surface area (Å²) in [6.45, 7) is 2.22. The Kier molecular flexibility index (Phi) is 6.01. The molecular formula is C18H23ClN2O5. The van der Waals surface area contributed by atoms with Gasteiger partial charge in [-0.15, -0.1) is 0 Å². The Morgan fingerprint density at radius 3 is 3.00 bits per heavy atom. The molecule has 0 aromatic heterocycles. The Balaban J connectivity index is 1.58. The van der Waals surface area contributed by atoms with E-state index in [0.717, 1.165) is 11.3 Å². The van der Waals surface area contributed by atoms with Crippen LogP contribution in [0.2, 0.25) is 5.02 Å². The molecule has 8 heteroatoms. The van der Waals surface area contributed by atoms with Crippen LogP contribution in [-0.4, -0.2) is 79.3 Å². The Hall–Kier alpha value is -1.83. The van der Waals surface area contributed by atoms with Crippen molar-refractivity contribution in [3.05, 3.63) is 28.8 Å². The molecule has 26 heavy (non-hydrogen) atoms. The van der Waals surface area contributed by atoms with Crippen LogP contribution in [-0.2, 0) is 20.7 Å². The van der Waals surface area contributed by atoms with E-state index in [9.17, 15) is 9.59 Å². The lowest BCUT2D eigenvalue weighted by atomic mass is 9.95. The number of ether oxygens (including phenoxy) is 2. The van der Waals surface area contributed by atoms with Gasteiger partial charge in [-0.05, 0) is 37.2 Å². The average molecular weight is 383 g/mol. The predicted octanol–water partition coefficient (Wildman–Crippen LogP) is 1.13. The van der Waals surface area contributed by atoms with E-state index in [0.29, 0.717) is 44.3 Å². The Bertz CT molecular complexity index is 684. The highest BCUT2D eigenvalue weighted by atomic mass is 35.5. The van der Waals surface area contributed by atoms with E-state index in [-0.39, 0.29) is 24.5 Å². The fraction of sp³-hybridized carbons (Fsp3) is 0.556. The van der Waals surface area contributed by atoms with Crippen molar-refractivity contribution in [1.29, 1.82) is 0 Å². The number of hydrogen-bond donors (Lipinski definition) is 1. The van der Waals surface area contributed by atoms with E-state index in [1.165, 1.54) is 0 Å². The minimum Gasteiger partial charge on any atom is -0.492 e. The van der Waals surface area contributed by atoms with Crippen molar-refractivity contribution in [3.8, 4) is 5.75 Å². The number of carbonyl (C=O) groups is 2. The largest absolute Gasteiger partial charge is 0.492 e. The van der Waals surface area contributed by atoms with Crippen LogP contribution < -0.4 is 4.74 Å². The van der Waals surface area contributed by atoms with Gasteiger partial charge in [0.1, 0.15) is 12.4 Å². The third-order valence-corrected chi connectivity index (χ3v) is 4.88. The molecule has 2 heterocycles. The van der Waals surface area contributed by atoms with Crippen molar-refractivity contribution in [1.82, 2.24) is 9.80 Å². The van der Waals surface area contributed by atoms with Gasteiger partial charge in [-0.25, -0.2) is 0 Å². The lowest BCUT2D eigenvalue weighted by Crippen LogP contribution is -2.52. The standard InChI is InChI=1S/C18H23ClN2O5/c1-20(10-17(22)23)8-15-9-21(4-5-25-15)18(24)13-6-12-7-14(19)2-3-16(12)26-11-13/h2-3,7,13,15H,4-6,8-11H2,1H3,(H,22,23). The van der Waals surface area contributed by atoms with Crippen molar-refractivity contribution < 1.29 is 24.2 Å². The van der Waals surface area contributed by atoms with Gasteiger partial charge in [-0.1, -0.05) is 11.6 Å². The first kappa shape index (κ1) is 18.9. The van der Waals surface area contributed by atoms with E-state index in [1.54, 1.807) is 22.9 Å². The van der Waals surface area contributed by atoms with Gasteiger partial charge in [0.2, 0.25) is 5.91 Å². The zero-order valence-corrected chi connectivity index (χ0v) is 15.4. The highest BCUT2D eigenvalue weighted by Gasteiger charge is 2.33. The maximum atomic E-state index is 12.9. The highest BCUT2D eigenvalue weighted by Crippen LogP contribution is 2.30. The second-order valence-corrected chi connectivity index (χ2v) is 7.27. The van der Waals surface area contributed by atoms with Gasteiger partial charge in [0, 0.05) is 24.7 Å². The number of carboxylic acids is 1. The Labute approximate surface area is 157 Å². The molecule has 0 aliphatic carbocycles. The summed E-state index contributed by atoms with van der Waals surface area (Å²) in [5.41, 5.74) is 0.952. The number of rotatable bonds is 5. The molecule has 0 bridgehead atoms. The maximum absolute atomic E-state index is 12.9. The molecule has 0 spiro atoms. The van der Waals surface area contributed by atoms with E-state index in [2.05, 4.69) is 0 Å². The number of amides is 1. The summed E-state index contributed by atoms with van der Waals surface area (Å²) in [4.78, 5) is 27.2. The topological polar surface area (TPSA) is 79.3 Å². The zero-order chi connectivity index (χ0) is 18.7. The summed E-state index contributed by atoms with van der Waals surface area (Å²) in [5, 5.41) is 9.49. The normalized spacial score (nSPS) is 22.7. The number of halogens is 1. The third-order valence-electron chi connectivity index (χ3n) is 4.65. The molecule has 2 atom stereocenters. The molecule has 7 nitrogen and oxygen atoms in total. The molecule has 2 aliphatic rings. The number of hydrogen-bond acceptors (Lipinski definition) is 5. The molecule has 1 aromatic carbocycles. The summed E-state index contributed by atoms with van der Waals surface area (Å²) in [6, 6.07) is 5.46. The lowest BCUT2D eigenvalue weighted by Gasteiger charge is -2.37. The fourth-order valence-corrected chi connectivity index (χ4v) is 3.65. The average Bonchev–Trinajstić information content (AvgIpc) is 2.60. The first-order valence-corrected chi connectivity index (χ1v) is 9.02. The smallest absolute Gasteiger partial charge is 0.317 e. The van der Waals surface area contributed by atoms with E-state index >= 15 is 0 Å². The summed E-state index contributed by atoms with van der Waals surface area (Å²) in [7, 11) is 1.73. The van der Waals surface area contributed by atoms with Crippen molar-refractivity contribution in [3.63, 3.8) is 0 Å². The first-order valence-electron chi connectivity index (χ1n) is 8.64. The number of likely N-dealkylation sites (N-methyl/N-ethyl adjacent to an activating group) is 1. The lowest BCUT2D eigenvalue weighted by molar-refractivity contribution is -0.146. The van der Waals surface area contributed by atoms with Gasteiger partial charge in [0.25, 0.3) is 0 Å². The molecule has 1 aromatic rings. The highest BCUT2D eigenvalue weighted by molar-refractivity contribution is 6.30. The number of benzene rings is 1. The second kappa shape index (κ2) is 8.24. The number of nitrogens with zero attached hydrogens (tertiary/aromatic N) is 2. The van der Waals surface area contributed by atoms with Crippen molar-refractivity contribution in [2.24, 2.45) is 5.92 Å². The van der Waals surface area contributed by atoms with Gasteiger partial charge in [-0.3, -0.25) is 14.5 Å². The Morgan fingerprint density at radius 2 is 2.23 bits per heavy atom. The minimum atomic E-state index is -0.882. The number of fused-ring (bicyclic) bond motifs is 1. The van der Waals surface area contributed by atoms with Crippen LogP contribution in [0.15, 0.2) is 18.2 Å². The van der Waals surface area contributed by atoms with Crippen molar-refractivity contribution in [2.75, 3.05) is 46.4 Å². The van der Waals surface area contributed by atoms with Crippen molar-refractivity contribution >= 4 is 23.5 Å². The minimum absolute atomic E-state index is 0.0461. The van der Waals surface area contributed by atoms with Gasteiger partial charge in [0.05, 0.1) is 25.2 Å². The SMILES string of the molecule is CN(CC(=O)O)CC1CN(C(=O)C2COc3ccc(Cl)cc3C2)CCO1. The quantitative estimate of drug-likeness (QED) is 0.822. The molecular weight excluding hydrogens is 360 g/mol. The third kappa shape index (κ3) is 4.66. The molecule has 2 aliphatic heterocycles. The molecule has 1 fully saturated rings. The zero-order valence-electron chi connectivity index (χ0n) is 14.7. The number of carboxylic acid groups (broad SMARTS) is 1. The summed E-state index contributed by atoms with van der Waals surface area (Å²) >= 11 is 6.04. The van der Waals surface area contributed by atoms with Crippen LogP contribution in [0.1, 0.15) is 5.56 Å². The molecule has 0 saturated carbocycles. The van der Waals surface area contributed by atoms with Crippen LogP contribution in [0.5, 0.6) is 5.75 Å². The molecule has 0 radical (unpaired) electrons. The van der Waals surface area contributed by atoms with Crippen LogP contribution in [0.3, 0.4) is 0 Å². The maximum Gasteiger partial charge on any atom is 0.317 e. The summed E-state index contributed by atoms with van der Waals surface area (Å²) in [5.74, 6) is -0.289. The first-order chi connectivity index (χ1) is 12.4. The van der Waals surface area contributed by atoms with Crippen LogP contribution in [0.25, 0.3) is 0 Å². The van der Waals surface area contributed by atoms with Crippen LogP contribution in [0, 0.1) is 5.92 Å². The number of aliphatic carboxylic acids is 1. The molecule has 3 rings (SSSR count). The second-order valence-electron chi connectivity index (χ2n) is 6.83. The van der Waals surface area contributed by atoms with Gasteiger partial charge in [0.15, 0.2) is 0 Å². The molecule has 1 amide bonds. The van der Waals surface area contributed by atoms with Gasteiger partial charge >= 0.3 is 5.97 Å². The monoisotopic (exact) mass is 382 g/mol. The Morgan fingerprint density at radius 1 is 1.42 bits per heavy atom. The van der Waals surface area contributed by atoms with Gasteiger partial charge < -0.3 is 19.5 Å². The van der Waals surface area contributed by atoms with Crippen LogP contribution in [0.4, 0.5) is 0 Å². The fourth-order valence-electron chi connectivity index (χ4n) is 3.45. The number of carbonyl (C=O) groups excluding carboxylic acids is 1. The van der Waals surface area contributed by atoms with Gasteiger partial charge in [-0.2, -0.15) is 0 Å². The summed E-state index contributed by atoms with van der Waals surface area (Å²) in [6.07, 6.45) is 0.415. The summed E-state index contributed by atoms with van der Waals surface area (Å²) < 4.78 is 11.4. The van der Waals surface area contributed by atoms with Crippen molar-refractivity contribution in [2.45, 2.75) is 12.5 Å².